The number of aliphatic carboxylic acids is 1. The molecule has 0 aliphatic heterocycles. The third-order valence-electron chi connectivity index (χ3n) is 2.58. The SMILES string of the molecule is CC(=O)NC(CCC(=O)O)Cc1ccc(Cl)c(Br)c1. The number of hydrogen-bond acceptors (Lipinski definition) is 2. The first-order chi connectivity index (χ1) is 8.88. The van der Waals surface area contributed by atoms with Gasteiger partial charge in [-0.2, -0.15) is 0 Å². The van der Waals surface area contributed by atoms with Crippen LogP contribution in [0.4, 0.5) is 0 Å². The van der Waals surface area contributed by atoms with E-state index in [1.807, 2.05) is 12.1 Å². The predicted octanol–water partition coefficient (Wildman–Crippen LogP) is 3.01. The maximum absolute atomic E-state index is 11.1. The first-order valence-electron chi connectivity index (χ1n) is 5.81. The molecular weight excluding hydrogens is 334 g/mol. The minimum absolute atomic E-state index is 0.0275. The fourth-order valence-corrected chi connectivity index (χ4v) is 2.31. The van der Waals surface area contributed by atoms with Crippen molar-refractivity contribution in [3.8, 4) is 0 Å². The summed E-state index contributed by atoms with van der Waals surface area (Å²) in [6.45, 7) is 1.42. The second-order valence-electron chi connectivity index (χ2n) is 4.28. The number of nitrogens with one attached hydrogen (secondary N) is 1. The van der Waals surface area contributed by atoms with E-state index in [1.54, 1.807) is 6.07 Å². The Labute approximate surface area is 125 Å². The van der Waals surface area contributed by atoms with Gasteiger partial charge < -0.3 is 10.4 Å². The third kappa shape index (κ3) is 6.07. The Morgan fingerprint density at radius 1 is 1.47 bits per heavy atom. The lowest BCUT2D eigenvalue weighted by Crippen LogP contribution is -2.35. The van der Waals surface area contributed by atoms with Crippen molar-refractivity contribution >= 4 is 39.4 Å². The molecule has 0 radical (unpaired) electrons. The van der Waals surface area contributed by atoms with Crippen LogP contribution in [-0.2, 0) is 16.0 Å². The summed E-state index contributed by atoms with van der Waals surface area (Å²) >= 11 is 9.25. The van der Waals surface area contributed by atoms with Gasteiger partial charge in [0.1, 0.15) is 0 Å². The van der Waals surface area contributed by atoms with Gasteiger partial charge in [-0.1, -0.05) is 17.7 Å². The average molecular weight is 349 g/mol. The largest absolute Gasteiger partial charge is 0.481 e. The maximum Gasteiger partial charge on any atom is 0.303 e. The fourth-order valence-electron chi connectivity index (χ4n) is 1.76. The van der Waals surface area contributed by atoms with Crippen LogP contribution in [-0.4, -0.2) is 23.0 Å². The van der Waals surface area contributed by atoms with Gasteiger partial charge in [0.05, 0.1) is 5.02 Å². The first kappa shape index (κ1) is 16.0. The molecule has 1 amide bonds. The summed E-state index contributed by atoms with van der Waals surface area (Å²) in [6.07, 6.45) is 0.998. The van der Waals surface area contributed by atoms with E-state index in [2.05, 4.69) is 21.2 Å². The summed E-state index contributed by atoms with van der Waals surface area (Å²) in [5, 5.41) is 12.1. The van der Waals surface area contributed by atoms with Crippen LogP contribution < -0.4 is 5.32 Å². The number of hydrogen-bond donors (Lipinski definition) is 2. The van der Waals surface area contributed by atoms with E-state index in [0.29, 0.717) is 17.9 Å². The molecule has 1 unspecified atom stereocenters. The van der Waals surface area contributed by atoms with Gasteiger partial charge in [0, 0.05) is 23.9 Å². The van der Waals surface area contributed by atoms with Gasteiger partial charge in [-0.15, -0.1) is 0 Å². The first-order valence-corrected chi connectivity index (χ1v) is 6.98. The van der Waals surface area contributed by atoms with E-state index >= 15 is 0 Å². The molecule has 2 N–H and O–H groups in total. The van der Waals surface area contributed by atoms with Crippen LogP contribution in [0, 0.1) is 0 Å². The zero-order chi connectivity index (χ0) is 14.4. The number of carboxylic acids is 1. The summed E-state index contributed by atoms with van der Waals surface area (Å²) in [6, 6.07) is 5.31. The van der Waals surface area contributed by atoms with Crippen LogP contribution in [0.15, 0.2) is 22.7 Å². The van der Waals surface area contributed by atoms with Crippen molar-refractivity contribution < 1.29 is 14.7 Å². The molecule has 19 heavy (non-hydrogen) atoms. The number of carboxylic acid groups (broad SMARTS) is 1. The Hall–Kier alpha value is -1.07. The summed E-state index contributed by atoms with van der Waals surface area (Å²) in [4.78, 5) is 21.7. The van der Waals surface area contributed by atoms with Gasteiger partial charge in [0.2, 0.25) is 5.91 Å². The summed E-state index contributed by atoms with van der Waals surface area (Å²) in [7, 11) is 0. The Kier molecular flexibility index (Phi) is 6.31. The number of benzene rings is 1. The molecule has 1 atom stereocenters. The molecular formula is C13H15BrClNO3. The maximum atomic E-state index is 11.1. The highest BCUT2D eigenvalue weighted by Crippen LogP contribution is 2.24. The van der Waals surface area contributed by atoms with Crippen LogP contribution in [0.2, 0.25) is 5.02 Å². The minimum Gasteiger partial charge on any atom is -0.481 e. The van der Waals surface area contributed by atoms with Crippen molar-refractivity contribution in [2.24, 2.45) is 0 Å². The lowest BCUT2D eigenvalue weighted by Gasteiger charge is -2.17. The molecule has 0 saturated heterocycles. The smallest absolute Gasteiger partial charge is 0.303 e. The van der Waals surface area contributed by atoms with Gasteiger partial charge in [0.25, 0.3) is 0 Å². The summed E-state index contributed by atoms with van der Waals surface area (Å²) in [5.74, 6) is -1.03. The molecule has 0 aromatic heterocycles. The molecule has 0 spiro atoms. The van der Waals surface area contributed by atoms with Gasteiger partial charge >= 0.3 is 5.97 Å². The van der Waals surface area contributed by atoms with Crippen molar-refractivity contribution in [1.82, 2.24) is 5.32 Å². The van der Waals surface area contributed by atoms with Crippen molar-refractivity contribution in [2.75, 3.05) is 0 Å². The van der Waals surface area contributed by atoms with E-state index in [4.69, 9.17) is 16.7 Å². The van der Waals surface area contributed by atoms with Crippen LogP contribution in [0.3, 0.4) is 0 Å². The van der Waals surface area contributed by atoms with E-state index < -0.39 is 5.97 Å². The predicted molar refractivity (Wildman–Crippen MR) is 77.3 cm³/mol. The van der Waals surface area contributed by atoms with Crippen molar-refractivity contribution in [3.63, 3.8) is 0 Å². The zero-order valence-corrected chi connectivity index (χ0v) is 12.8. The third-order valence-corrected chi connectivity index (χ3v) is 3.79. The molecule has 6 heteroatoms. The Morgan fingerprint density at radius 2 is 2.16 bits per heavy atom. The topological polar surface area (TPSA) is 66.4 Å². The average Bonchev–Trinajstić information content (AvgIpc) is 2.30. The molecule has 1 aromatic rings. The quantitative estimate of drug-likeness (QED) is 0.830. The molecule has 104 valence electrons. The highest BCUT2D eigenvalue weighted by molar-refractivity contribution is 9.10. The number of amides is 1. The molecule has 0 aliphatic rings. The van der Waals surface area contributed by atoms with Gasteiger partial charge in [0.15, 0.2) is 0 Å². The van der Waals surface area contributed by atoms with Crippen molar-refractivity contribution in [3.05, 3.63) is 33.3 Å². The van der Waals surface area contributed by atoms with E-state index in [0.717, 1.165) is 10.0 Å². The number of halogens is 2. The van der Waals surface area contributed by atoms with Crippen LogP contribution in [0.25, 0.3) is 0 Å². The zero-order valence-electron chi connectivity index (χ0n) is 10.5. The van der Waals surface area contributed by atoms with Crippen molar-refractivity contribution in [2.45, 2.75) is 32.2 Å². The second kappa shape index (κ2) is 7.50. The highest BCUT2D eigenvalue weighted by atomic mass is 79.9. The molecule has 0 fully saturated rings. The van der Waals surface area contributed by atoms with E-state index in [9.17, 15) is 9.59 Å². The molecule has 1 rings (SSSR count). The van der Waals surface area contributed by atoms with Gasteiger partial charge in [-0.25, -0.2) is 0 Å². The van der Waals surface area contributed by atoms with E-state index in [-0.39, 0.29) is 18.4 Å². The Balaban J connectivity index is 2.71. The molecule has 0 saturated carbocycles. The number of rotatable bonds is 6. The van der Waals surface area contributed by atoms with Crippen molar-refractivity contribution in [1.29, 1.82) is 0 Å². The van der Waals surface area contributed by atoms with Crippen LogP contribution in [0.1, 0.15) is 25.3 Å². The monoisotopic (exact) mass is 347 g/mol. The molecule has 4 nitrogen and oxygen atoms in total. The summed E-state index contributed by atoms with van der Waals surface area (Å²) < 4.78 is 0.784. The highest BCUT2D eigenvalue weighted by Gasteiger charge is 2.13. The molecule has 0 bridgehead atoms. The minimum atomic E-state index is -0.868. The lowest BCUT2D eigenvalue weighted by molar-refractivity contribution is -0.137. The standard InChI is InChI=1S/C13H15BrClNO3/c1-8(17)16-10(3-5-13(18)19)6-9-2-4-12(15)11(14)7-9/h2,4,7,10H,3,5-6H2,1H3,(H,16,17)(H,18,19). The van der Waals surface area contributed by atoms with Gasteiger partial charge in [-0.3, -0.25) is 9.59 Å². The normalized spacial score (nSPS) is 11.9. The number of carbonyl (C=O) groups is 2. The molecule has 1 aromatic carbocycles. The number of carbonyl (C=O) groups excluding carboxylic acids is 1. The lowest BCUT2D eigenvalue weighted by atomic mass is 10.0. The fraction of sp³-hybridized carbons (Fsp3) is 0.385. The Bertz CT molecular complexity index is 479. The summed E-state index contributed by atoms with van der Waals surface area (Å²) in [5.41, 5.74) is 0.986. The molecule has 0 heterocycles. The van der Waals surface area contributed by atoms with Gasteiger partial charge in [-0.05, 0) is 46.5 Å². The van der Waals surface area contributed by atoms with Crippen LogP contribution in [0.5, 0.6) is 0 Å². The molecule has 0 aliphatic carbocycles. The second-order valence-corrected chi connectivity index (χ2v) is 5.54. The van der Waals surface area contributed by atoms with Crippen LogP contribution >= 0.6 is 27.5 Å². The van der Waals surface area contributed by atoms with E-state index in [1.165, 1.54) is 6.92 Å². The Morgan fingerprint density at radius 3 is 2.68 bits per heavy atom.